The molecule has 1 saturated heterocycles. The summed E-state index contributed by atoms with van der Waals surface area (Å²) in [5.74, 6) is 0.148. The molecule has 80 valence electrons. The lowest BCUT2D eigenvalue weighted by molar-refractivity contribution is 0.155. The second kappa shape index (κ2) is 4.45. The van der Waals surface area contributed by atoms with Gasteiger partial charge in [-0.1, -0.05) is 12.7 Å². The minimum atomic E-state index is -2.95. The number of carbonyl (C=O) groups is 1. The van der Waals surface area contributed by atoms with Crippen LogP contribution in [-0.2, 0) is 14.6 Å². The average molecular weight is 219 g/mol. The molecule has 0 bridgehead atoms. The van der Waals surface area contributed by atoms with E-state index in [1.165, 1.54) is 6.08 Å². The van der Waals surface area contributed by atoms with Crippen LogP contribution in [0.5, 0.6) is 0 Å². The van der Waals surface area contributed by atoms with Crippen LogP contribution in [-0.4, -0.2) is 38.7 Å². The quantitative estimate of drug-likeness (QED) is 0.682. The molecule has 1 rings (SSSR count). The molecule has 0 radical (unpaired) electrons. The normalized spacial score (nSPS) is 24.1. The fraction of sp³-hybridized carbons (Fsp3) is 0.625. The Morgan fingerprint density at radius 1 is 1.64 bits per heavy atom. The fourth-order valence-corrected chi connectivity index (χ4v) is 2.93. The summed E-state index contributed by atoms with van der Waals surface area (Å²) >= 11 is 0. The molecule has 14 heavy (non-hydrogen) atoms. The molecular weight excluding hydrogens is 206 g/mol. The fourth-order valence-electron chi connectivity index (χ4n) is 1.25. The monoisotopic (exact) mass is 219 g/mol. The summed E-state index contributed by atoms with van der Waals surface area (Å²) in [5.41, 5.74) is 0. The van der Waals surface area contributed by atoms with E-state index in [9.17, 15) is 13.2 Å². The van der Waals surface area contributed by atoms with Crippen LogP contribution in [0, 0.1) is 0 Å². The van der Waals surface area contributed by atoms with Gasteiger partial charge in [0.05, 0.1) is 11.5 Å². The molecular formula is C8H13NO4S. The first-order chi connectivity index (χ1) is 6.53. The van der Waals surface area contributed by atoms with Crippen molar-refractivity contribution in [1.82, 2.24) is 5.32 Å². The smallest absolute Gasteiger partial charge is 0.407 e. The summed E-state index contributed by atoms with van der Waals surface area (Å²) < 4.78 is 26.7. The highest BCUT2D eigenvalue weighted by atomic mass is 32.2. The van der Waals surface area contributed by atoms with E-state index in [0.717, 1.165) is 0 Å². The predicted octanol–water partition coefficient (Wildman–Crippen LogP) is 0.0857. The van der Waals surface area contributed by atoms with Crippen molar-refractivity contribution in [3.63, 3.8) is 0 Å². The maximum absolute atomic E-state index is 11.0. The maximum atomic E-state index is 11.0. The van der Waals surface area contributed by atoms with Gasteiger partial charge in [-0.15, -0.1) is 0 Å². The second-order valence-electron chi connectivity index (χ2n) is 3.13. The summed E-state index contributed by atoms with van der Waals surface area (Å²) in [5, 5.41) is 2.48. The van der Waals surface area contributed by atoms with Crippen molar-refractivity contribution in [3.05, 3.63) is 12.7 Å². The molecule has 1 aliphatic rings. The first-order valence-electron chi connectivity index (χ1n) is 4.28. The zero-order valence-electron chi connectivity index (χ0n) is 7.73. The topological polar surface area (TPSA) is 72.5 Å². The lowest BCUT2D eigenvalue weighted by atomic mass is 10.3. The summed E-state index contributed by atoms with van der Waals surface area (Å²) in [7, 11) is -2.95. The molecule has 1 N–H and O–H groups in total. The van der Waals surface area contributed by atoms with Crippen molar-refractivity contribution >= 4 is 15.9 Å². The van der Waals surface area contributed by atoms with Crippen LogP contribution in [0.1, 0.15) is 6.42 Å². The van der Waals surface area contributed by atoms with Crippen LogP contribution >= 0.6 is 0 Å². The first-order valence-corrected chi connectivity index (χ1v) is 6.10. The standard InChI is InChI=1S/C8H13NO4S/c1-2-4-13-8(10)9-7-3-5-14(11,12)6-7/h2,7H,1,3-6H2,(H,9,10)/t7-/m0/s1. The number of hydrogen-bond acceptors (Lipinski definition) is 4. The zero-order valence-corrected chi connectivity index (χ0v) is 8.55. The number of rotatable bonds is 3. The van der Waals surface area contributed by atoms with Gasteiger partial charge in [-0.2, -0.15) is 0 Å². The Morgan fingerprint density at radius 2 is 2.36 bits per heavy atom. The Labute approximate surface area is 83.0 Å². The van der Waals surface area contributed by atoms with Crippen LogP contribution in [0.15, 0.2) is 12.7 Å². The second-order valence-corrected chi connectivity index (χ2v) is 5.36. The van der Waals surface area contributed by atoms with E-state index >= 15 is 0 Å². The molecule has 0 aromatic carbocycles. The van der Waals surface area contributed by atoms with E-state index in [2.05, 4.69) is 16.6 Å². The number of amides is 1. The summed E-state index contributed by atoms with van der Waals surface area (Å²) in [4.78, 5) is 11.0. The molecule has 0 aromatic heterocycles. The van der Waals surface area contributed by atoms with Gasteiger partial charge in [-0.05, 0) is 6.42 Å². The highest BCUT2D eigenvalue weighted by molar-refractivity contribution is 7.91. The minimum absolute atomic E-state index is 0.0101. The molecule has 1 fully saturated rings. The lowest BCUT2D eigenvalue weighted by Gasteiger charge is -2.09. The molecule has 1 amide bonds. The van der Waals surface area contributed by atoms with Crippen LogP contribution in [0.25, 0.3) is 0 Å². The first kappa shape index (κ1) is 11.0. The van der Waals surface area contributed by atoms with Crippen molar-refractivity contribution in [2.24, 2.45) is 0 Å². The number of sulfone groups is 1. The number of alkyl carbamates (subject to hydrolysis) is 1. The third-order valence-corrected chi connectivity index (χ3v) is 3.65. The maximum Gasteiger partial charge on any atom is 0.407 e. The largest absolute Gasteiger partial charge is 0.445 e. The van der Waals surface area contributed by atoms with Gasteiger partial charge in [0, 0.05) is 6.04 Å². The van der Waals surface area contributed by atoms with E-state index < -0.39 is 15.9 Å². The minimum Gasteiger partial charge on any atom is -0.445 e. The lowest BCUT2D eigenvalue weighted by Crippen LogP contribution is -2.36. The number of nitrogens with one attached hydrogen (secondary N) is 1. The predicted molar refractivity (Wildman–Crippen MR) is 51.7 cm³/mol. The molecule has 1 heterocycles. The van der Waals surface area contributed by atoms with Gasteiger partial charge in [-0.25, -0.2) is 13.2 Å². The molecule has 1 aliphatic heterocycles. The third kappa shape index (κ3) is 3.37. The van der Waals surface area contributed by atoms with E-state index in [4.69, 9.17) is 0 Å². The van der Waals surface area contributed by atoms with Crippen molar-refractivity contribution in [2.45, 2.75) is 12.5 Å². The molecule has 0 saturated carbocycles. The Balaban J connectivity index is 2.32. The summed E-state index contributed by atoms with van der Waals surface area (Å²) in [6.07, 6.45) is 1.32. The van der Waals surface area contributed by atoms with E-state index in [0.29, 0.717) is 6.42 Å². The SMILES string of the molecule is C=CCOC(=O)N[C@H]1CCS(=O)(=O)C1. The average Bonchev–Trinajstić information content (AvgIpc) is 2.42. The van der Waals surface area contributed by atoms with Crippen molar-refractivity contribution in [3.8, 4) is 0 Å². The third-order valence-electron chi connectivity index (χ3n) is 1.89. The molecule has 5 nitrogen and oxygen atoms in total. The number of hydrogen-bond donors (Lipinski definition) is 1. The summed E-state index contributed by atoms with van der Waals surface area (Å²) in [6, 6.07) is -0.308. The van der Waals surface area contributed by atoms with Crippen LogP contribution in [0.2, 0.25) is 0 Å². The molecule has 0 aliphatic carbocycles. The number of carbonyl (C=O) groups excluding carboxylic acids is 1. The van der Waals surface area contributed by atoms with Crippen LogP contribution < -0.4 is 5.32 Å². The highest BCUT2D eigenvalue weighted by Crippen LogP contribution is 2.11. The molecule has 0 unspecified atom stereocenters. The number of ether oxygens (including phenoxy) is 1. The highest BCUT2D eigenvalue weighted by Gasteiger charge is 2.29. The van der Waals surface area contributed by atoms with Crippen molar-refractivity contribution in [1.29, 1.82) is 0 Å². The van der Waals surface area contributed by atoms with Crippen molar-refractivity contribution < 1.29 is 17.9 Å². The molecule has 0 aromatic rings. The van der Waals surface area contributed by atoms with Gasteiger partial charge < -0.3 is 10.1 Å². The Morgan fingerprint density at radius 3 is 2.86 bits per heavy atom. The van der Waals surface area contributed by atoms with Crippen LogP contribution in [0.3, 0.4) is 0 Å². The summed E-state index contributed by atoms with van der Waals surface area (Å²) in [6.45, 7) is 3.52. The molecule has 1 atom stereocenters. The van der Waals surface area contributed by atoms with Gasteiger partial charge >= 0.3 is 6.09 Å². The Bertz CT molecular complexity index is 322. The van der Waals surface area contributed by atoms with E-state index in [1.54, 1.807) is 0 Å². The van der Waals surface area contributed by atoms with Gasteiger partial charge in [-0.3, -0.25) is 0 Å². The van der Waals surface area contributed by atoms with E-state index in [-0.39, 0.29) is 24.2 Å². The molecule has 6 heteroatoms. The Hall–Kier alpha value is -1.04. The van der Waals surface area contributed by atoms with Gasteiger partial charge in [0.2, 0.25) is 0 Å². The van der Waals surface area contributed by atoms with E-state index in [1.807, 2.05) is 0 Å². The van der Waals surface area contributed by atoms with Gasteiger partial charge in [0.25, 0.3) is 0 Å². The van der Waals surface area contributed by atoms with Gasteiger partial charge in [0.15, 0.2) is 9.84 Å². The van der Waals surface area contributed by atoms with Crippen LogP contribution in [0.4, 0.5) is 4.79 Å². The Kier molecular flexibility index (Phi) is 3.51. The van der Waals surface area contributed by atoms with Crippen molar-refractivity contribution in [2.75, 3.05) is 18.1 Å². The van der Waals surface area contributed by atoms with Gasteiger partial charge in [0.1, 0.15) is 6.61 Å². The molecule has 0 spiro atoms. The zero-order chi connectivity index (χ0) is 10.6.